The summed E-state index contributed by atoms with van der Waals surface area (Å²) in [6.07, 6.45) is 6.83. The molecule has 2 aromatic heterocycles. The predicted octanol–water partition coefficient (Wildman–Crippen LogP) is 2.61. The first-order valence-electron chi connectivity index (χ1n) is 7.13. The number of nitrogens with zero attached hydrogens (tertiary/aromatic N) is 4. The molecule has 2 heterocycles. The number of imidazole rings is 2. The third kappa shape index (κ3) is 2.46. The van der Waals surface area contributed by atoms with Gasteiger partial charge in [0.25, 0.3) is 5.91 Å². The molecule has 0 unspecified atom stereocenters. The Hall–Kier alpha value is -3.41. The minimum absolute atomic E-state index is 0.199. The highest BCUT2D eigenvalue weighted by Gasteiger charge is 2.09. The maximum Gasteiger partial charge on any atom is 0.270 e. The summed E-state index contributed by atoms with van der Waals surface area (Å²) in [5.41, 5.74) is 5.97. The number of nitrogens with one attached hydrogen (secondary N) is 1. The van der Waals surface area contributed by atoms with Crippen LogP contribution in [-0.2, 0) is 0 Å². The second kappa shape index (κ2) is 5.42. The Bertz CT molecular complexity index is 972. The van der Waals surface area contributed by atoms with Crippen molar-refractivity contribution in [1.82, 2.24) is 19.2 Å². The van der Waals surface area contributed by atoms with Gasteiger partial charge in [0.1, 0.15) is 6.33 Å². The first kappa shape index (κ1) is 13.3. The standard InChI is InChI=1S/C17H13N5O/c23-17(20-22-12-19-15-6-1-2-7-16(15)22)13-4-3-5-14(10-13)21-9-8-18-11-21/h1-12H,(H,20,23). The lowest BCUT2D eigenvalue weighted by Gasteiger charge is -2.08. The zero-order chi connectivity index (χ0) is 15.6. The number of amides is 1. The minimum Gasteiger partial charge on any atom is -0.306 e. The first-order chi connectivity index (χ1) is 11.3. The van der Waals surface area contributed by atoms with Crippen LogP contribution in [0.3, 0.4) is 0 Å². The number of carbonyl (C=O) groups is 1. The molecule has 0 radical (unpaired) electrons. The summed E-state index contributed by atoms with van der Waals surface area (Å²) in [4.78, 5) is 20.8. The van der Waals surface area contributed by atoms with Gasteiger partial charge in [-0.1, -0.05) is 18.2 Å². The molecule has 0 saturated heterocycles. The van der Waals surface area contributed by atoms with Gasteiger partial charge in [-0.2, -0.15) is 0 Å². The van der Waals surface area contributed by atoms with E-state index < -0.39 is 0 Å². The average Bonchev–Trinajstić information content (AvgIpc) is 3.25. The van der Waals surface area contributed by atoms with E-state index in [-0.39, 0.29) is 5.91 Å². The maximum absolute atomic E-state index is 12.5. The molecule has 1 N–H and O–H groups in total. The van der Waals surface area contributed by atoms with Crippen LogP contribution in [0.1, 0.15) is 10.4 Å². The van der Waals surface area contributed by atoms with Gasteiger partial charge < -0.3 is 4.57 Å². The summed E-state index contributed by atoms with van der Waals surface area (Å²) >= 11 is 0. The van der Waals surface area contributed by atoms with Crippen molar-refractivity contribution in [2.24, 2.45) is 0 Å². The molecule has 0 saturated carbocycles. The molecule has 0 spiro atoms. The van der Waals surface area contributed by atoms with E-state index in [0.29, 0.717) is 5.56 Å². The number of rotatable bonds is 3. The molecule has 0 aliphatic rings. The normalized spacial score (nSPS) is 10.8. The van der Waals surface area contributed by atoms with Crippen LogP contribution in [0.4, 0.5) is 0 Å². The lowest BCUT2D eigenvalue weighted by Crippen LogP contribution is -2.22. The van der Waals surface area contributed by atoms with Gasteiger partial charge in [-0.25, -0.2) is 14.6 Å². The van der Waals surface area contributed by atoms with Gasteiger partial charge in [0.15, 0.2) is 0 Å². The van der Waals surface area contributed by atoms with Gasteiger partial charge in [0, 0.05) is 23.6 Å². The lowest BCUT2D eigenvalue weighted by molar-refractivity contribution is 0.101. The van der Waals surface area contributed by atoms with Gasteiger partial charge in [-0.15, -0.1) is 0 Å². The number of hydrogen-bond acceptors (Lipinski definition) is 3. The van der Waals surface area contributed by atoms with Crippen molar-refractivity contribution in [1.29, 1.82) is 0 Å². The third-order valence-electron chi connectivity index (χ3n) is 3.59. The Morgan fingerprint density at radius 2 is 1.96 bits per heavy atom. The maximum atomic E-state index is 12.5. The molecule has 23 heavy (non-hydrogen) atoms. The first-order valence-corrected chi connectivity index (χ1v) is 7.13. The molecule has 112 valence electrons. The molecule has 6 heteroatoms. The van der Waals surface area contributed by atoms with Crippen LogP contribution in [-0.4, -0.2) is 25.1 Å². The average molecular weight is 303 g/mol. The summed E-state index contributed by atoms with van der Waals surface area (Å²) < 4.78 is 3.48. The highest BCUT2D eigenvalue weighted by molar-refractivity contribution is 6.01. The highest BCUT2D eigenvalue weighted by atomic mass is 16.2. The number of para-hydroxylation sites is 2. The second-order valence-electron chi connectivity index (χ2n) is 5.06. The fourth-order valence-electron chi connectivity index (χ4n) is 2.44. The molecule has 2 aromatic carbocycles. The van der Waals surface area contributed by atoms with E-state index in [0.717, 1.165) is 16.7 Å². The largest absolute Gasteiger partial charge is 0.306 e. The molecule has 0 fully saturated rings. The van der Waals surface area contributed by atoms with E-state index in [2.05, 4.69) is 15.4 Å². The van der Waals surface area contributed by atoms with Crippen molar-refractivity contribution in [2.75, 3.05) is 5.43 Å². The Morgan fingerprint density at radius 3 is 2.83 bits per heavy atom. The molecule has 6 nitrogen and oxygen atoms in total. The van der Waals surface area contributed by atoms with Gasteiger partial charge in [0.05, 0.1) is 17.4 Å². The summed E-state index contributed by atoms with van der Waals surface area (Å²) in [7, 11) is 0. The molecule has 0 aliphatic heterocycles. The summed E-state index contributed by atoms with van der Waals surface area (Å²) in [6.45, 7) is 0. The Labute approximate surface area is 132 Å². The van der Waals surface area contributed by atoms with E-state index in [1.807, 2.05) is 53.2 Å². The predicted molar refractivity (Wildman–Crippen MR) is 87.0 cm³/mol. The van der Waals surface area contributed by atoms with E-state index >= 15 is 0 Å². The Kier molecular flexibility index (Phi) is 3.12. The molecule has 4 rings (SSSR count). The van der Waals surface area contributed by atoms with Crippen molar-refractivity contribution in [2.45, 2.75) is 0 Å². The van der Waals surface area contributed by atoms with Gasteiger partial charge in [-0.05, 0) is 30.3 Å². The molecule has 0 bridgehead atoms. The van der Waals surface area contributed by atoms with Crippen molar-refractivity contribution < 1.29 is 4.79 Å². The molecule has 0 atom stereocenters. The molecule has 0 aliphatic carbocycles. The zero-order valence-electron chi connectivity index (χ0n) is 12.1. The SMILES string of the molecule is O=C(Nn1cnc2ccccc21)c1cccc(-n2ccnc2)c1. The smallest absolute Gasteiger partial charge is 0.270 e. The number of aromatic nitrogens is 4. The van der Waals surface area contributed by atoms with Crippen LogP contribution in [0.25, 0.3) is 16.7 Å². The highest BCUT2D eigenvalue weighted by Crippen LogP contribution is 2.13. The van der Waals surface area contributed by atoms with E-state index in [9.17, 15) is 4.79 Å². The summed E-state index contributed by atoms with van der Waals surface area (Å²) in [5, 5.41) is 0. The topological polar surface area (TPSA) is 64.7 Å². The van der Waals surface area contributed by atoms with Crippen molar-refractivity contribution >= 4 is 16.9 Å². The lowest BCUT2D eigenvalue weighted by atomic mass is 10.2. The number of hydrogen-bond donors (Lipinski definition) is 1. The van der Waals surface area contributed by atoms with Gasteiger partial charge in [-0.3, -0.25) is 10.2 Å². The summed E-state index contributed by atoms with van der Waals surface area (Å²) in [6, 6.07) is 15.0. The number of fused-ring (bicyclic) bond motifs is 1. The quantitative estimate of drug-likeness (QED) is 0.632. The van der Waals surface area contributed by atoms with Gasteiger partial charge in [0.2, 0.25) is 0 Å². The minimum atomic E-state index is -0.199. The second-order valence-corrected chi connectivity index (χ2v) is 5.06. The third-order valence-corrected chi connectivity index (χ3v) is 3.59. The number of benzene rings is 2. The molecular weight excluding hydrogens is 290 g/mol. The number of carbonyl (C=O) groups excluding carboxylic acids is 1. The molecular formula is C17H13N5O. The van der Waals surface area contributed by atoms with E-state index in [1.54, 1.807) is 29.6 Å². The van der Waals surface area contributed by atoms with Crippen molar-refractivity contribution in [3.05, 3.63) is 79.1 Å². The molecule has 4 aromatic rings. The van der Waals surface area contributed by atoms with E-state index in [4.69, 9.17) is 0 Å². The van der Waals surface area contributed by atoms with Crippen LogP contribution < -0.4 is 5.43 Å². The molecule has 1 amide bonds. The van der Waals surface area contributed by atoms with Crippen LogP contribution >= 0.6 is 0 Å². The zero-order valence-corrected chi connectivity index (χ0v) is 12.1. The van der Waals surface area contributed by atoms with E-state index in [1.165, 1.54) is 0 Å². The summed E-state index contributed by atoms with van der Waals surface area (Å²) in [5.74, 6) is -0.199. The fourth-order valence-corrected chi connectivity index (χ4v) is 2.44. The van der Waals surface area contributed by atoms with Crippen LogP contribution in [0.2, 0.25) is 0 Å². The monoisotopic (exact) mass is 303 g/mol. The van der Waals surface area contributed by atoms with Crippen molar-refractivity contribution in [3.63, 3.8) is 0 Å². The Morgan fingerprint density at radius 1 is 1.04 bits per heavy atom. The van der Waals surface area contributed by atoms with Gasteiger partial charge >= 0.3 is 0 Å². The van der Waals surface area contributed by atoms with Crippen molar-refractivity contribution in [3.8, 4) is 5.69 Å². The Balaban J connectivity index is 1.63. The fraction of sp³-hybridized carbons (Fsp3) is 0. The van der Waals surface area contributed by atoms with Crippen LogP contribution in [0.5, 0.6) is 0 Å². The van der Waals surface area contributed by atoms with Crippen LogP contribution in [0.15, 0.2) is 73.6 Å². The van der Waals surface area contributed by atoms with Crippen LogP contribution in [0, 0.1) is 0 Å².